The number of aromatic amines is 1. The summed E-state index contributed by atoms with van der Waals surface area (Å²) in [6.07, 6.45) is 1.63. The van der Waals surface area contributed by atoms with E-state index in [0.29, 0.717) is 18.5 Å². The van der Waals surface area contributed by atoms with Gasteiger partial charge in [-0.25, -0.2) is 9.59 Å². The minimum atomic E-state index is -0.597. The van der Waals surface area contributed by atoms with Gasteiger partial charge in [-0.3, -0.25) is 14.3 Å². The largest absolute Gasteiger partial charge is 0.444 e. The van der Waals surface area contributed by atoms with Crippen LogP contribution in [0.1, 0.15) is 38.8 Å². The molecular weight excluding hydrogens is 300 g/mol. The van der Waals surface area contributed by atoms with Gasteiger partial charge in [0.05, 0.1) is 6.04 Å². The first-order valence-corrected chi connectivity index (χ1v) is 7.64. The summed E-state index contributed by atoms with van der Waals surface area (Å²) in [7, 11) is 0. The molecule has 0 bridgehead atoms. The summed E-state index contributed by atoms with van der Waals surface area (Å²) in [5.74, 6) is 0. The fraction of sp³-hybridized carbons (Fsp3) is 0.667. The molecule has 0 aromatic carbocycles. The predicted octanol–water partition coefficient (Wildman–Crippen LogP) is 0.354. The predicted molar refractivity (Wildman–Crippen MR) is 85.5 cm³/mol. The van der Waals surface area contributed by atoms with Crippen LogP contribution >= 0.6 is 0 Å². The molecule has 128 valence electrons. The summed E-state index contributed by atoms with van der Waals surface area (Å²) in [6, 6.07) is -0.437. The van der Waals surface area contributed by atoms with E-state index in [-0.39, 0.29) is 18.6 Å². The highest BCUT2D eigenvalue weighted by Gasteiger charge is 2.38. The van der Waals surface area contributed by atoms with Crippen LogP contribution in [0.15, 0.2) is 15.8 Å². The molecule has 23 heavy (non-hydrogen) atoms. The third kappa shape index (κ3) is 3.82. The van der Waals surface area contributed by atoms with Crippen LogP contribution in [-0.2, 0) is 4.74 Å². The molecule has 1 amide bonds. The maximum absolute atomic E-state index is 12.3. The summed E-state index contributed by atoms with van der Waals surface area (Å²) in [6.45, 7) is 7.63. The van der Waals surface area contributed by atoms with Gasteiger partial charge in [0.1, 0.15) is 5.60 Å². The molecule has 2 heterocycles. The molecule has 1 aromatic heterocycles. The zero-order valence-corrected chi connectivity index (χ0v) is 14.0. The van der Waals surface area contributed by atoms with Gasteiger partial charge in [0.2, 0.25) is 0 Å². The van der Waals surface area contributed by atoms with Crippen LogP contribution in [-0.4, -0.2) is 45.3 Å². The normalized spacial score (nSPS) is 21.5. The Morgan fingerprint density at radius 3 is 2.65 bits per heavy atom. The number of rotatable bonds is 2. The summed E-state index contributed by atoms with van der Waals surface area (Å²) >= 11 is 0. The quantitative estimate of drug-likeness (QED) is 0.816. The van der Waals surface area contributed by atoms with Crippen molar-refractivity contribution < 1.29 is 9.53 Å². The second-order valence-corrected chi connectivity index (χ2v) is 6.89. The monoisotopic (exact) mass is 324 g/mol. The lowest BCUT2D eigenvalue weighted by Gasteiger charge is -2.27. The van der Waals surface area contributed by atoms with Crippen molar-refractivity contribution in [3.8, 4) is 0 Å². The van der Waals surface area contributed by atoms with Crippen LogP contribution < -0.4 is 17.0 Å². The van der Waals surface area contributed by atoms with Crippen LogP contribution in [0.5, 0.6) is 0 Å². The standard InChI is InChI=1S/C15H24N4O4/c1-9-7-18(13(21)17-12(9)20)11-5-10(6-16)19(8-11)14(22)23-15(2,3)4/h7,10-11H,5-6,8,16H2,1-4H3,(H,17,20,21)/t10-,11-/m1/s1. The fourth-order valence-electron chi connectivity index (χ4n) is 2.72. The lowest BCUT2D eigenvalue weighted by Crippen LogP contribution is -2.43. The van der Waals surface area contributed by atoms with Crippen molar-refractivity contribution in [3.05, 3.63) is 32.6 Å². The number of carbonyl (C=O) groups is 1. The van der Waals surface area contributed by atoms with Crippen molar-refractivity contribution in [2.75, 3.05) is 13.1 Å². The van der Waals surface area contributed by atoms with Gasteiger partial charge < -0.3 is 15.4 Å². The van der Waals surface area contributed by atoms with Crippen molar-refractivity contribution in [2.24, 2.45) is 5.73 Å². The summed E-state index contributed by atoms with van der Waals surface area (Å²) in [5, 5.41) is 0. The van der Waals surface area contributed by atoms with E-state index in [4.69, 9.17) is 10.5 Å². The van der Waals surface area contributed by atoms with Crippen LogP contribution in [0.2, 0.25) is 0 Å². The van der Waals surface area contributed by atoms with Crippen molar-refractivity contribution >= 4 is 6.09 Å². The molecular formula is C15H24N4O4. The Morgan fingerprint density at radius 2 is 2.09 bits per heavy atom. The Bertz CT molecular complexity index is 701. The number of amides is 1. The number of likely N-dealkylation sites (tertiary alicyclic amines) is 1. The number of H-pyrrole nitrogens is 1. The number of nitrogens with one attached hydrogen (secondary N) is 1. The number of nitrogens with zero attached hydrogens (tertiary/aromatic N) is 2. The molecule has 3 N–H and O–H groups in total. The van der Waals surface area contributed by atoms with E-state index >= 15 is 0 Å². The maximum Gasteiger partial charge on any atom is 0.410 e. The van der Waals surface area contributed by atoms with Crippen molar-refractivity contribution in [2.45, 2.75) is 51.8 Å². The lowest BCUT2D eigenvalue weighted by molar-refractivity contribution is 0.0227. The number of carbonyl (C=O) groups excluding carboxylic acids is 1. The highest BCUT2D eigenvalue weighted by atomic mass is 16.6. The van der Waals surface area contributed by atoms with Gasteiger partial charge in [0.25, 0.3) is 5.56 Å². The molecule has 1 aromatic rings. The summed E-state index contributed by atoms with van der Waals surface area (Å²) < 4.78 is 6.86. The molecule has 0 saturated carbocycles. The number of ether oxygens (including phenoxy) is 1. The number of nitrogens with two attached hydrogens (primary N) is 1. The van der Waals surface area contributed by atoms with Crippen molar-refractivity contribution in [3.63, 3.8) is 0 Å². The first kappa shape index (κ1) is 17.3. The Hall–Kier alpha value is -2.09. The molecule has 2 rings (SSSR count). The topological polar surface area (TPSA) is 110 Å². The van der Waals surface area contributed by atoms with Crippen LogP contribution in [0, 0.1) is 6.92 Å². The maximum atomic E-state index is 12.3. The van der Waals surface area contributed by atoms with E-state index in [0.717, 1.165) is 0 Å². The molecule has 1 saturated heterocycles. The van der Waals surface area contributed by atoms with Crippen LogP contribution in [0.3, 0.4) is 0 Å². The summed E-state index contributed by atoms with van der Waals surface area (Å²) in [4.78, 5) is 39.7. The SMILES string of the molecule is Cc1cn([C@@H]2C[C@H](CN)N(C(=O)OC(C)(C)C)C2)c(=O)[nH]c1=O. The minimum absolute atomic E-state index is 0.200. The Morgan fingerprint density at radius 1 is 1.43 bits per heavy atom. The van der Waals surface area contributed by atoms with Gasteiger partial charge in [-0.15, -0.1) is 0 Å². The first-order chi connectivity index (χ1) is 10.6. The second-order valence-electron chi connectivity index (χ2n) is 6.89. The number of aromatic nitrogens is 2. The molecule has 8 heteroatoms. The third-order valence-electron chi connectivity index (χ3n) is 3.83. The average molecular weight is 324 g/mol. The van der Waals surface area contributed by atoms with Crippen LogP contribution in [0.4, 0.5) is 4.79 Å². The fourth-order valence-corrected chi connectivity index (χ4v) is 2.72. The molecule has 0 aliphatic carbocycles. The Labute approximate surface area is 134 Å². The number of hydrogen-bond donors (Lipinski definition) is 2. The Kier molecular flexibility index (Phi) is 4.65. The highest BCUT2D eigenvalue weighted by molar-refractivity contribution is 5.69. The molecule has 0 unspecified atom stereocenters. The minimum Gasteiger partial charge on any atom is -0.444 e. The zero-order chi connectivity index (χ0) is 17.4. The number of aryl methyl sites for hydroxylation is 1. The van der Waals surface area contributed by atoms with E-state index in [1.807, 2.05) is 0 Å². The van der Waals surface area contributed by atoms with Gasteiger partial charge in [0, 0.05) is 30.9 Å². The molecule has 2 atom stereocenters. The first-order valence-electron chi connectivity index (χ1n) is 7.64. The van der Waals surface area contributed by atoms with E-state index in [1.54, 1.807) is 32.6 Å². The molecule has 8 nitrogen and oxygen atoms in total. The van der Waals surface area contributed by atoms with Gasteiger partial charge in [-0.05, 0) is 34.1 Å². The van der Waals surface area contributed by atoms with E-state index in [1.165, 1.54) is 10.8 Å². The number of hydrogen-bond acceptors (Lipinski definition) is 5. The van der Waals surface area contributed by atoms with E-state index < -0.39 is 22.9 Å². The smallest absolute Gasteiger partial charge is 0.410 e. The lowest BCUT2D eigenvalue weighted by atomic mass is 10.1. The average Bonchev–Trinajstić information content (AvgIpc) is 2.85. The van der Waals surface area contributed by atoms with Crippen molar-refractivity contribution in [1.29, 1.82) is 0 Å². The third-order valence-corrected chi connectivity index (χ3v) is 3.83. The molecule has 1 fully saturated rings. The van der Waals surface area contributed by atoms with E-state index in [2.05, 4.69) is 4.98 Å². The summed E-state index contributed by atoms with van der Waals surface area (Å²) in [5.41, 5.74) is 4.74. The van der Waals surface area contributed by atoms with Gasteiger partial charge in [-0.1, -0.05) is 0 Å². The molecule has 0 radical (unpaired) electrons. The van der Waals surface area contributed by atoms with E-state index in [9.17, 15) is 14.4 Å². The highest BCUT2D eigenvalue weighted by Crippen LogP contribution is 2.27. The van der Waals surface area contributed by atoms with Crippen molar-refractivity contribution in [1.82, 2.24) is 14.5 Å². The second kappa shape index (κ2) is 6.19. The molecule has 1 aliphatic heterocycles. The van der Waals surface area contributed by atoms with Gasteiger partial charge in [0.15, 0.2) is 0 Å². The van der Waals surface area contributed by atoms with Gasteiger partial charge >= 0.3 is 11.8 Å². The molecule has 0 spiro atoms. The Balaban J connectivity index is 2.25. The van der Waals surface area contributed by atoms with Gasteiger partial charge in [-0.2, -0.15) is 0 Å². The molecule has 1 aliphatic rings. The van der Waals surface area contributed by atoms with Crippen LogP contribution in [0.25, 0.3) is 0 Å². The zero-order valence-electron chi connectivity index (χ0n) is 14.0.